The van der Waals surface area contributed by atoms with E-state index in [1.165, 1.54) is 11.3 Å². The summed E-state index contributed by atoms with van der Waals surface area (Å²) in [4.78, 5) is 20.6. The van der Waals surface area contributed by atoms with Crippen LogP contribution >= 0.6 is 11.3 Å². The Bertz CT molecular complexity index is 1160. The van der Waals surface area contributed by atoms with Crippen LogP contribution in [-0.2, 0) is 4.79 Å². The van der Waals surface area contributed by atoms with Crippen molar-refractivity contribution in [2.24, 2.45) is 0 Å². The number of aromatic nitrogens is 3. The number of carbonyl (C=O) groups excluding carboxylic acids is 1. The zero-order chi connectivity index (χ0) is 21.6. The number of rotatable bonds is 8. The second kappa shape index (κ2) is 9.40. The van der Waals surface area contributed by atoms with Crippen molar-refractivity contribution in [2.45, 2.75) is 13.8 Å². The van der Waals surface area contributed by atoms with Gasteiger partial charge in [-0.15, -0.1) is 11.3 Å². The quantitative estimate of drug-likeness (QED) is 0.431. The summed E-state index contributed by atoms with van der Waals surface area (Å²) in [6, 6.07) is 13.1. The van der Waals surface area contributed by atoms with Gasteiger partial charge in [0.1, 0.15) is 0 Å². The summed E-state index contributed by atoms with van der Waals surface area (Å²) in [6.45, 7) is 4.16. The molecule has 4 aromatic rings. The predicted octanol–water partition coefficient (Wildman–Crippen LogP) is 4.58. The maximum absolute atomic E-state index is 12.1. The third-order valence-electron chi connectivity index (χ3n) is 4.26. The van der Waals surface area contributed by atoms with Gasteiger partial charge in [0.2, 0.25) is 5.82 Å². The van der Waals surface area contributed by atoms with Crippen molar-refractivity contribution in [3.8, 4) is 34.3 Å². The Kier molecular flexibility index (Phi) is 6.23. The van der Waals surface area contributed by atoms with Crippen LogP contribution in [0.2, 0.25) is 0 Å². The van der Waals surface area contributed by atoms with E-state index in [2.05, 4.69) is 20.4 Å². The summed E-state index contributed by atoms with van der Waals surface area (Å²) in [7, 11) is 0. The summed E-state index contributed by atoms with van der Waals surface area (Å²) in [6.07, 6.45) is 1.62. The van der Waals surface area contributed by atoms with E-state index in [1.807, 2.05) is 38.1 Å². The average molecular weight is 436 g/mol. The van der Waals surface area contributed by atoms with E-state index in [0.29, 0.717) is 40.5 Å². The molecule has 0 saturated carbocycles. The summed E-state index contributed by atoms with van der Waals surface area (Å²) in [5, 5.41) is 9.06. The van der Waals surface area contributed by atoms with Gasteiger partial charge < -0.3 is 14.0 Å². The molecule has 158 valence electrons. The highest BCUT2D eigenvalue weighted by Gasteiger charge is 2.15. The molecule has 0 saturated heterocycles. The zero-order valence-electron chi connectivity index (χ0n) is 17.0. The first-order chi connectivity index (χ1) is 15.1. The van der Waals surface area contributed by atoms with Crippen LogP contribution in [0.4, 0.5) is 5.13 Å². The number of hydrogen-bond acceptors (Lipinski definition) is 8. The van der Waals surface area contributed by atoms with E-state index in [0.717, 1.165) is 11.1 Å². The largest absolute Gasteiger partial charge is 0.490 e. The monoisotopic (exact) mass is 436 g/mol. The van der Waals surface area contributed by atoms with Crippen LogP contribution in [0.15, 0.2) is 58.6 Å². The highest BCUT2D eigenvalue weighted by atomic mass is 32.1. The lowest BCUT2D eigenvalue weighted by Gasteiger charge is -2.12. The van der Waals surface area contributed by atoms with Gasteiger partial charge >= 0.3 is 0 Å². The number of aryl methyl sites for hydroxylation is 1. The van der Waals surface area contributed by atoms with Gasteiger partial charge in [-0.1, -0.05) is 22.9 Å². The van der Waals surface area contributed by atoms with Gasteiger partial charge in [0.15, 0.2) is 23.2 Å². The number of hydrogen-bond donors (Lipinski definition) is 1. The Morgan fingerprint density at radius 2 is 1.90 bits per heavy atom. The summed E-state index contributed by atoms with van der Waals surface area (Å²) in [5.74, 6) is 1.50. The van der Waals surface area contributed by atoms with Gasteiger partial charge in [0.05, 0.1) is 6.61 Å². The molecule has 0 unspecified atom stereocenters. The molecule has 31 heavy (non-hydrogen) atoms. The van der Waals surface area contributed by atoms with Crippen molar-refractivity contribution in [3.63, 3.8) is 0 Å². The Balaban J connectivity index is 1.49. The molecule has 2 heterocycles. The fraction of sp³-hybridized carbons (Fsp3) is 0.182. The fourth-order valence-corrected chi connectivity index (χ4v) is 3.32. The highest BCUT2D eigenvalue weighted by Crippen LogP contribution is 2.32. The van der Waals surface area contributed by atoms with Crippen LogP contribution in [0.1, 0.15) is 12.5 Å². The first-order valence-corrected chi connectivity index (χ1v) is 10.5. The molecule has 2 aromatic heterocycles. The molecule has 0 atom stereocenters. The minimum atomic E-state index is -0.303. The lowest BCUT2D eigenvalue weighted by molar-refractivity contribution is -0.118. The topological polar surface area (TPSA) is 99.4 Å². The first-order valence-electron chi connectivity index (χ1n) is 9.62. The third-order valence-corrected chi connectivity index (χ3v) is 4.95. The fourth-order valence-electron chi connectivity index (χ4n) is 2.77. The van der Waals surface area contributed by atoms with Crippen molar-refractivity contribution in [1.29, 1.82) is 0 Å². The number of ether oxygens (including phenoxy) is 2. The molecule has 0 fully saturated rings. The van der Waals surface area contributed by atoms with Crippen molar-refractivity contribution < 1.29 is 18.8 Å². The number of anilines is 1. The number of nitrogens with zero attached hydrogens (tertiary/aromatic N) is 3. The van der Waals surface area contributed by atoms with Crippen molar-refractivity contribution in [1.82, 2.24) is 15.1 Å². The van der Waals surface area contributed by atoms with E-state index in [9.17, 15) is 4.79 Å². The molecule has 0 aliphatic heterocycles. The second-order valence-corrected chi connectivity index (χ2v) is 7.45. The summed E-state index contributed by atoms with van der Waals surface area (Å²) >= 11 is 1.34. The molecule has 4 rings (SSSR count). The number of carbonyl (C=O) groups is 1. The Morgan fingerprint density at radius 3 is 2.65 bits per heavy atom. The van der Waals surface area contributed by atoms with Gasteiger partial charge in [-0.25, -0.2) is 4.98 Å². The smallest absolute Gasteiger partial charge is 0.264 e. The summed E-state index contributed by atoms with van der Waals surface area (Å²) < 4.78 is 16.8. The molecule has 2 aromatic carbocycles. The predicted molar refractivity (Wildman–Crippen MR) is 117 cm³/mol. The second-order valence-electron chi connectivity index (χ2n) is 6.56. The van der Waals surface area contributed by atoms with Crippen molar-refractivity contribution in [2.75, 3.05) is 18.5 Å². The Hall–Kier alpha value is -3.72. The van der Waals surface area contributed by atoms with Gasteiger partial charge in [-0.3, -0.25) is 10.1 Å². The van der Waals surface area contributed by atoms with Crippen LogP contribution in [-0.4, -0.2) is 34.2 Å². The minimum Gasteiger partial charge on any atom is -0.490 e. The lowest BCUT2D eigenvalue weighted by Crippen LogP contribution is -2.20. The van der Waals surface area contributed by atoms with E-state index in [1.54, 1.807) is 29.8 Å². The number of amides is 1. The molecule has 1 amide bonds. The van der Waals surface area contributed by atoms with E-state index in [4.69, 9.17) is 14.0 Å². The van der Waals surface area contributed by atoms with E-state index in [-0.39, 0.29) is 12.5 Å². The number of thiazole rings is 1. The van der Waals surface area contributed by atoms with Crippen molar-refractivity contribution >= 4 is 22.4 Å². The summed E-state index contributed by atoms with van der Waals surface area (Å²) in [5.41, 5.74) is 2.71. The highest BCUT2D eigenvalue weighted by molar-refractivity contribution is 7.13. The van der Waals surface area contributed by atoms with E-state index < -0.39 is 0 Å². The molecular formula is C22H20N4O4S. The number of benzene rings is 2. The van der Waals surface area contributed by atoms with Crippen LogP contribution in [0.5, 0.6) is 11.5 Å². The average Bonchev–Trinajstić information content (AvgIpc) is 3.46. The molecule has 0 spiro atoms. The molecule has 8 nitrogen and oxygen atoms in total. The van der Waals surface area contributed by atoms with Crippen LogP contribution in [0.3, 0.4) is 0 Å². The molecule has 0 radical (unpaired) electrons. The van der Waals surface area contributed by atoms with Crippen LogP contribution in [0, 0.1) is 6.92 Å². The molecule has 1 N–H and O–H groups in total. The standard InChI is InChI=1S/C22H20N4O4S/c1-3-28-18-12-16(20-25-21(30-26-20)15-6-4-14(2)5-7-15)8-9-17(18)29-13-19(27)24-22-23-10-11-31-22/h4-12H,3,13H2,1-2H3,(H,23,24,27). The van der Waals surface area contributed by atoms with E-state index >= 15 is 0 Å². The SMILES string of the molecule is CCOc1cc(-c2noc(-c3ccc(C)cc3)n2)ccc1OCC(=O)Nc1nccs1. The maximum Gasteiger partial charge on any atom is 0.264 e. The molecule has 0 aliphatic rings. The molecular weight excluding hydrogens is 416 g/mol. The normalized spacial score (nSPS) is 10.6. The Labute approximate surface area is 182 Å². The molecule has 9 heteroatoms. The van der Waals surface area contributed by atoms with Gasteiger partial charge in [-0.2, -0.15) is 4.98 Å². The van der Waals surface area contributed by atoms with Gasteiger partial charge in [-0.05, 0) is 44.2 Å². The Morgan fingerprint density at radius 1 is 1.10 bits per heavy atom. The maximum atomic E-state index is 12.1. The first kappa shape index (κ1) is 20.5. The van der Waals surface area contributed by atoms with Crippen LogP contribution < -0.4 is 14.8 Å². The van der Waals surface area contributed by atoms with Crippen LogP contribution in [0.25, 0.3) is 22.8 Å². The van der Waals surface area contributed by atoms with Gasteiger partial charge in [0.25, 0.3) is 11.8 Å². The zero-order valence-corrected chi connectivity index (χ0v) is 17.8. The molecule has 0 aliphatic carbocycles. The minimum absolute atomic E-state index is 0.168. The third kappa shape index (κ3) is 5.07. The lowest BCUT2D eigenvalue weighted by atomic mass is 10.1. The number of nitrogens with one attached hydrogen (secondary N) is 1. The van der Waals surface area contributed by atoms with Crippen molar-refractivity contribution in [3.05, 3.63) is 59.6 Å². The molecule has 0 bridgehead atoms. The van der Waals surface area contributed by atoms with Gasteiger partial charge in [0, 0.05) is 22.7 Å².